The second kappa shape index (κ2) is 2.31. The van der Waals surface area contributed by atoms with E-state index in [9.17, 15) is 4.39 Å². The molecule has 3 nitrogen and oxygen atoms in total. The monoisotopic (exact) mass is 161 g/mol. The molecule has 2 heterocycles. The molecule has 0 aliphatic heterocycles. The Labute approximate surface area is 67.5 Å². The summed E-state index contributed by atoms with van der Waals surface area (Å²) in [6, 6.07) is 3.48. The van der Waals surface area contributed by atoms with Crippen LogP contribution in [-0.4, -0.2) is 9.97 Å². The first-order valence-corrected chi connectivity index (χ1v) is 3.34. The van der Waals surface area contributed by atoms with Gasteiger partial charge in [-0.1, -0.05) is 0 Å². The minimum atomic E-state index is -0.394. The third kappa shape index (κ3) is 0.839. The maximum atomic E-state index is 12.8. The lowest BCUT2D eigenvalue weighted by molar-refractivity contribution is 0.636. The van der Waals surface area contributed by atoms with Gasteiger partial charge in [0.05, 0.1) is 11.1 Å². The third-order valence-electron chi connectivity index (χ3n) is 1.60. The molecule has 0 bridgehead atoms. The minimum Gasteiger partial charge on any atom is -0.357 e. The van der Waals surface area contributed by atoms with E-state index in [0.29, 0.717) is 11.1 Å². The van der Waals surface area contributed by atoms with Gasteiger partial charge in [-0.2, -0.15) is 5.26 Å². The Morgan fingerprint density at radius 3 is 3.17 bits per heavy atom. The number of nitrogens with zero attached hydrogens (tertiary/aromatic N) is 2. The van der Waals surface area contributed by atoms with Crippen molar-refractivity contribution >= 4 is 11.0 Å². The van der Waals surface area contributed by atoms with Gasteiger partial charge >= 0.3 is 0 Å². The molecule has 12 heavy (non-hydrogen) atoms. The van der Waals surface area contributed by atoms with E-state index in [1.165, 1.54) is 12.4 Å². The van der Waals surface area contributed by atoms with E-state index in [-0.39, 0.29) is 5.52 Å². The Balaban J connectivity index is 2.80. The fourth-order valence-corrected chi connectivity index (χ4v) is 1.04. The number of aromatic nitrogens is 2. The molecule has 2 rings (SSSR count). The number of hydrogen-bond donors (Lipinski definition) is 1. The molecule has 58 valence electrons. The smallest absolute Gasteiger partial charge is 0.166 e. The molecule has 0 radical (unpaired) electrons. The fraction of sp³-hybridized carbons (Fsp3) is 0. The lowest BCUT2D eigenvalue weighted by Gasteiger charge is -1.88. The van der Waals surface area contributed by atoms with Crippen LogP contribution >= 0.6 is 0 Å². The van der Waals surface area contributed by atoms with E-state index in [4.69, 9.17) is 5.26 Å². The minimum absolute atomic E-state index is 0.272. The summed E-state index contributed by atoms with van der Waals surface area (Å²) < 4.78 is 12.8. The van der Waals surface area contributed by atoms with Crippen LogP contribution in [0.5, 0.6) is 0 Å². The summed E-state index contributed by atoms with van der Waals surface area (Å²) in [4.78, 5) is 6.46. The van der Waals surface area contributed by atoms with Crippen LogP contribution in [0.2, 0.25) is 0 Å². The number of nitriles is 1. The summed E-state index contributed by atoms with van der Waals surface area (Å²) in [5, 5.41) is 8.51. The first kappa shape index (κ1) is 6.80. The molecule has 0 aromatic carbocycles. The van der Waals surface area contributed by atoms with Crippen LogP contribution < -0.4 is 0 Å². The third-order valence-corrected chi connectivity index (χ3v) is 1.60. The molecule has 0 atom stereocenters. The van der Waals surface area contributed by atoms with Gasteiger partial charge in [0.25, 0.3) is 0 Å². The van der Waals surface area contributed by atoms with E-state index in [1.54, 1.807) is 6.07 Å². The van der Waals surface area contributed by atoms with Crippen LogP contribution in [0.25, 0.3) is 11.0 Å². The van der Waals surface area contributed by atoms with Gasteiger partial charge in [-0.05, 0) is 6.07 Å². The van der Waals surface area contributed by atoms with Gasteiger partial charge < -0.3 is 4.98 Å². The normalized spacial score (nSPS) is 10.0. The zero-order valence-electron chi connectivity index (χ0n) is 6.00. The highest BCUT2D eigenvalue weighted by Crippen LogP contribution is 2.14. The maximum Gasteiger partial charge on any atom is 0.166 e. The molecule has 0 amide bonds. The van der Waals surface area contributed by atoms with Gasteiger partial charge in [-0.3, -0.25) is 4.98 Å². The Bertz CT molecular complexity index is 467. The molecule has 2 aromatic heterocycles. The number of halogens is 1. The number of nitrogens with one attached hydrogen (secondary N) is 1. The van der Waals surface area contributed by atoms with Crippen LogP contribution in [0.4, 0.5) is 4.39 Å². The summed E-state index contributed by atoms with van der Waals surface area (Å²) in [5.41, 5.74) is 1.24. The zero-order valence-corrected chi connectivity index (χ0v) is 6.00. The first-order chi connectivity index (χ1) is 5.81. The van der Waals surface area contributed by atoms with Crippen molar-refractivity contribution in [3.63, 3.8) is 0 Å². The van der Waals surface area contributed by atoms with Gasteiger partial charge in [-0.15, -0.1) is 0 Å². The van der Waals surface area contributed by atoms with Crippen LogP contribution in [0, 0.1) is 17.1 Å². The highest BCUT2D eigenvalue weighted by atomic mass is 19.1. The number of hydrogen-bond acceptors (Lipinski definition) is 2. The molecule has 0 spiro atoms. The Hall–Kier alpha value is -1.89. The van der Waals surface area contributed by atoms with E-state index < -0.39 is 5.82 Å². The second-order valence-electron chi connectivity index (χ2n) is 2.37. The SMILES string of the molecule is N#Cc1cnc2c(F)c[nH]c2c1. The van der Waals surface area contributed by atoms with Crippen molar-refractivity contribution in [3.05, 3.63) is 29.8 Å². The van der Waals surface area contributed by atoms with Gasteiger partial charge in [0.1, 0.15) is 11.6 Å². The quantitative estimate of drug-likeness (QED) is 0.637. The molecule has 0 fully saturated rings. The Morgan fingerprint density at radius 1 is 1.58 bits per heavy atom. The molecular formula is C8H4FN3. The van der Waals surface area contributed by atoms with Crippen molar-refractivity contribution in [2.75, 3.05) is 0 Å². The largest absolute Gasteiger partial charge is 0.357 e. The molecule has 0 saturated carbocycles. The summed E-state index contributed by atoms with van der Waals surface area (Å²) in [7, 11) is 0. The van der Waals surface area contributed by atoms with Crippen LogP contribution in [-0.2, 0) is 0 Å². The van der Waals surface area contributed by atoms with Crippen LogP contribution in [0.15, 0.2) is 18.5 Å². The average Bonchev–Trinajstić information content (AvgIpc) is 2.47. The Kier molecular flexibility index (Phi) is 1.31. The van der Waals surface area contributed by atoms with Crippen molar-refractivity contribution in [1.29, 1.82) is 5.26 Å². The number of rotatable bonds is 0. The highest BCUT2D eigenvalue weighted by molar-refractivity contribution is 5.76. The van der Waals surface area contributed by atoms with E-state index in [2.05, 4.69) is 9.97 Å². The predicted octanol–water partition coefficient (Wildman–Crippen LogP) is 1.57. The lowest BCUT2D eigenvalue weighted by atomic mass is 10.3. The predicted molar refractivity (Wildman–Crippen MR) is 40.8 cm³/mol. The molecule has 4 heteroatoms. The topological polar surface area (TPSA) is 52.5 Å². The molecular weight excluding hydrogens is 157 g/mol. The standard InChI is InChI=1S/C8H4FN3/c9-6-4-11-7-1-5(2-10)3-12-8(6)7/h1,3-4,11H. The number of aromatic amines is 1. The molecule has 2 aromatic rings. The molecule has 0 unspecified atom stereocenters. The molecule has 1 N–H and O–H groups in total. The Morgan fingerprint density at radius 2 is 2.42 bits per heavy atom. The van der Waals surface area contributed by atoms with Crippen molar-refractivity contribution in [2.24, 2.45) is 0 Å². The van der Waals surface area contributed by atoms with E-state index in [0.717, 1.165) is 0 Å². The van der Waals surface area contributed by atoms with Gasteiger partial charge in [0, 0.05) is 12.4 Å². The number of fused-ring (bicyclic) bond motifs is 1. The zero-order chi connectivity index (χ0) is 8.55. The van der Waals surface area contributed by atoms with E-state index >= 15 is 0 Å². The van der Waals surface area contributed by atoms with Crippen molar-refractivity contribution in [3.8, 4) is 6.07 Å². The first-order valence-electron chi connectivity index (χ1n) is 3.34. The lowest BCUT2D eigenvalue weighted by Crippen LogP contribution is -1.80. The maximum absolute atomic E-state index is 12.8. The van der Waals surface area contributed by atoms with Gasteiger partial charge in [-0.25, -0.2) is 4.39 Å². The van der Waals surface area contributed by atoms with Crippen molar-refractivity contribution in [2.45, 2.75) is 0 Å². The van der Waals surface area contributed by atoms with Gasteiger partial charge in [0.2, 0.25) is 0 Å². The molecule has 0 aliphatic carbocycles. The molecule has 0 saturated heterocycles. The molecule has 0 aliphatic rings. The highest BCUT2D eigenvalue weighted by Gasteiger charge is 2.03. The second-order valence-corrected chi connectivity index (χ2v) is 2.37. The summed E-state index contributed by atoms with van der Waals surface area (Å²) in [5.74, 6) is -0.394. The van der Waals surface area contributed by atoms with Gasteiger partial charge in [0.15, 0.2) is 5.82 Å². The van der Waals surface area contributed by atoms with Crippen molar-refractivity contribution in [1.82, 2.24) is 9.97 Å². The number of pyridine rings is 1. The summed E-state index contributed by atoms with van der Waals surface area (Å²) in [6.07, 6.45) is 2.57. The summed E-state index contributed by atoms with van der Waals surface area (Å²) in [6.45, 7) is 0. The van der Waals surface area contributed by atoms with Crippen LogP contribution in [0.1, 0.15) is 5.56 Å². The van der Waals surface area contributed by atoms with Crippen molar-refractivity contribution < 1.29 is 4.39 Å². The summed E-state index contributed by atoms with van der Waals surface area (Å²) >= 11 is 0. The number of H-pyrrole nitrogens is 1. The fourth-order valence-electron chi connectivity index (χ4n) is 1.04. The average molecular weight is 161 g/mol. The van der Waals surface area contributed by atoms with E-state index in [1.807, 2.05) is 6.07 Å². The van der Waals surface area contributed by atoms with Crippen LogP contribution in [0.3, 0.4) is 0 Å².